The minimum Gasteiger partial charge on any atom is -0.285 e. The SMILES string of the molecule is CCCCCCCCCCC(CS(=O)(=O)OF)S(=O)(=O)O. The highest BCUT2D eigenvalue weighted by Gasteiger charge is 2.29. The first-order chi connectivity index (χ1) is 9.73. The molecule has 21 heavy (non-hydrogen) atoms. The highest BCUT2D eigenvalue weighted by molar-refractivity contribution is 7.90. The van der Waals surface area contributed by atoms with E-state index in [4.69, 9.17) is 4.55 Å². The van der Waals surface area contributed by atoms with Crippen molar-refractivity contribution in [1.82, 2.24) is 0 Å². The Morgan fingerprint density at radius 1 is 0.952 bits per heavy atom. The van der Waals surface area contributed by atoms with E-state index in [9.17, 15) is 21.4 Å². The summed E-state index contributed by atoms with van der Waals surface area (Å²) in [5, 5.41) is -1.54. The molecule has 0 aromatic rings. The van der Waals surface area contributed by atoms with Crippen LogP contribution in [0.5, 0.6) is 0 Å². The molecule has 1 unspecified atom stereocenters. The summed E-state index contributed by atoms with van der Waals surface area (Å²) in [6.45, 7) is 2.13. The summed E-state index contributed by atoms with van der Waals surface area (Å²) < 4.78 is 67.4. The summed E-state index contributed by atoms with van der Waals surface area (Å²) >= 11 is 0. The average Bonchev–Trinajstić information content (AvgIpc) is 2.39. The summed E-state index contributed by atoms with van der Waals surface area (Å²) in [5.74, 6) is -1.07. The zero-order chi connectivity index (χ0) is 16.4. The molecule has 0 heterocycles. The maximum absolute atomic E-state index is 11.7. The second-order valence-corrected chi connectivity index (χ2v) is 8.46. The van der Waals surface area contributed by atoms with Crippen molar-refractivity contribution in [3.8, 4) is 0 Å². The molecule has 0 aliphatic heterocycles. The quantitative estimate of drug-likeness (QED) is 0.406. The number of unbranched alkanes of at least 4 members (excludes halogenated alkanes) is 7. The van der Waals surface area contributed by atoms with E-state index in [1.54, 1.807) is 0 Å². The minimum atomic E-state index is -4.57. The van der Waals surface area contributed by atoms with Crippen molar-refractivity contribution in [2.24, 2.45) is 0 Å². The molecule has 9 heteroatoms. The Hall–Kier alpha value is -0.250. The van der Waals surface area contributed by atoms with Gasteiger partial charge in [-0.15, -0.1) is 0 Å². The lowest BCUT2D eigenvalue weighted by Crippen LogP contribution is -2.29. The van der Waals surface area contributed by atoms with E-state index < -0.39 is 31.2 Å². The van der Waals surface area contributed by atoms with Gasteiger partial charge in [-0.05, 0) is 10.9 Å². The van der Waals surface area contributed by atoms with Crippen LogP contribution in [0.4, 0.5) is 4.53 Å². The third-order valence-electron chi connectivity index (χ3n) is 3.29. The van der Waals surface area contributed by atoms with Crippen LogP contribution in [0.25, 0.3) is 0 Å². The van der Waals surface area contributed by atoms with Gasteiger partial charge in [0, 0.05) is 0 Å². The van der Waals surface area contributed by atoms with Gasteiger partial charge in [0.05, 0.1) is 5.75 Å². The van der Waals surface area contributed by atoms with Gasteiger partial charge in [-0.25, -0.2) is 0 Å². The normalized spacial score (nSPS) is 14.2. The highest BCUT2D eigenvalue weighted by Crippen LogP contribution is 2.16. The van der Waals surface area contributed by atoms with Gasteiger partial charge >= 0.3 is 0 Å². The summed E-state index contributed by atoms with van der Waals surface area (Å²) in [7, 11) is -9.10. The van der Waals surface area contributed by atoms with Crippen LogP contribution < -0.4 is 0 Å². The monoisotopic (exact) mass is 348 g/mol. The fourth-order valence-corrected chi connectivity index (χ4v) is 4.40. The van der Waals surface area contributed by atoms with Gasteiger partial charge < -0.3 is 0 Å². The van der Waals surface area contributed by atoms with Crippen LogP contribution in [0.1, 0.15) is 64.7 Å². The van der Waals surface area contributed by atoms with Crippen LogP contribution in [0.2, 0.25) is 0 Å². The zero-order valence-corrected chi connectivity index (χ0v) is 14.0. The molecule has 0 aromatic heterocycles. The van der Waals surface area contributed by atoms with Crippen LogP contribution in [0.3, 0.4) is 0 Å². The highest BCUT2D eigenvalue weighted by atomic mass is 32.2. The molecule has 0 bridgehead atoms. The Balaban J connectivity index is 4.05. The van der Waals surface area contributed by atoms with Crippen molar-refractivity contribution in [3.05, 3.63) is 0 Å². The topological polar surface area (TPSA) is 97.7 Å². The Kier molecular flexibility index (Phi) is 10.3. The predicted octanol–water partition coefficient (Wildman–Crippen LogP) is 3.00. The molecular weight excluding hydrogens is 323 g/mol. The summed E-state index contributed by atoms with van der Waals surface area (Å²) in [6.07, 6.45) is 7.81. The van der Waals surface area contributed by atoms with E-state index in [0.717, 1.165) is 25.7 Å². The summed E-state index contributed by atoms with van der Waals surface area (Å²) in [4.78, 5) is 0. The standard InChI is InChI=1S/C12H25FO6S2/c1-2-3-4-5-6-7-8-9-10-12(21(16,17)18)11-20(14,15)19-13/h12H,2-11H2,1H3,(H,16,17,18). The number of halogens is 1. The third-order valence-corrected chi connectivity index (χ3v) is 5.75. The van der Waals surface area contributed by atoms with Gasteiger partial charge in [0.1, 0.15) is 5.25 Å². The molecule has 0 radical (unpaired) electrons. The lowest BCUT2D eigenvalue weighted by molar-refractivity contribution is 0.00290. The van der Waals surface area contributed by atoms with Gasteiger partial charge in [0.15, 0.2) is 0 Å². The molecule has 0 spiro atoms. The second-order valence-electron chi connectivity index (χ2n) is 5.19. The fraction of sp³-hybridized carbons (Fsp3) is 1.00. The van der Waals surface area contributed by atoms with Crippen LogP contribution in [-0.4, -0.2) is 32.4 Å². The molecule has 0 fully saturated rings. The summed E-state index contributed by atoms with van der Waals surface area (Å²) in [6, 6.07) is 0. The summed E-state index contributed by atoms with van der Waals surface area (Å²) in [5.41, 5.74) is 0. The van der Waals surface area contributed by atoms with Crippen molar-refractivity contribution >= 4 is 20.2 Å². The van der Waals surface area contributed by atoms with E-state index >= 15 is 0 Å². The molecule has 0 aliphatic carbocycles. The predicted molar refractivity (Wildman–Crippen MR) is 78.5 cm³/mol. The molecule has 1 atom stereocenters. The average molecular weight is 348 g/mol. The minimum absolute atomic E-state index is 0.0314. The van der Waals surface area contributed by atoms with E-state index in [1.807, 2.05) is 0 Å². The van der Waals surface area contributed by atoms with Gasteiger partial charge in [0.2, 0.25) is 0 Å². The molecule has 0 aromatic carbocycles. The van der Waals surface area contributed by atoms with Gasteiger partial charge in [0.25, 0.3) is 20.2 Å². The molecule has 0 amide bonds. The van der Waals surface area contributed by atoms with Gasteiger partial charge in [-0.3, -0.25) is 4.55 Å². The smallest absolute Gasteiger partial charge is 0.285 e. The van der Waals surface area contributed by atoms with Crippen LogP contribution in [-0.2, 0) is 24.6 Å². The molecule has 6 nitrogen and oxygen atoms in total. The Morgan fingerprint density at radius 3 is 1.86 bits per heavy atom. The first-order valence-corrected chi connectivity index (χ1v) is 10.3. The van der Waals surface area contributed by atoms with Gasteiger partial charge in [-0.1, -0.05) is 62.7 Å². The number of hydrogen-bond donors (Lipinski definition) is 1. The van der Waals surface area contributed by atoms with Crippen molar-refractivity contribution in [1.29, 1.82) is 0 Å². The second kappa shape index (κ2) is 10.5. The molecule has 128 valence electrons. The maximum Gasteiger partial charge on any atom is 0.299 e. The Labute approximate surface area is 126 Å². The van der Waals surface area contributed by atoms with Crippen molar-refractivity contribution in [3.63, 3.8) is 0 Å². The van der Waals surface area contributed by atoms with Crippen molar-refractivity contribution < 1.29 is 30.3 Å². The maximum atomic E-state index is 11.7. The number of hydrogen-bond acceptors (Lipinski definition) is 5. The third kappa shape index (κ3) is 11.0. The Morgan fingerprint density at radius 2 is 1.43 bits per heavy atom. The molecule has 0 saturated heterocycles. The zero-order valence-electron chi connectivity index (χ0n) is 12.3. The van der Waals surface area contributed by atoms with Crippen molar-refractivity contribution in [2.45, 2.75) is 70.0 Å². The molecule has 0 saturated carbocycles. The van der Waals surface area contributed by atoms with E-state index in [2.05, 4.69) is 11.3 Å². The van der Waals surface area contributed by atoms with E-state index in [0.29, 0.717) is 6.42 Å². The first-order valence-electron chi connectivity index (χ1n) is 7.22. The molecule has 0 aliphatic rings. The first kappa shape index (κ1) is 20.8. The van der Waals surface area contributed by atoms with E-state index in [1.165, 1.54) is 19.3 Å². The molecule has 0 rings (SSSR count). The molecule has 1 N–H and O–H groups in total. The van der Waals surface area contributed by atoms with Crippen molar-refractivity contribution in [2.75, 3.05) is 5.75 Å². The fourth-order valence-electron chi connectivity index (χ4n) is 2.08. The molecular formula is C12H25FO6S2. The van der Waals surface area contributed by atoms with Crippen LogP contribution >= 0.6 is 0 Å². The van der Waals surface area contributed by atoms with Gasteiger partial charge in [-0.2, -0.15) is 16.8 Å². The van der Waals surface area contributed by atoms with Crippen LogP contribution in [0, 0.1) is 0 Å². The van der Waals surface area contributed by atoms with Crippen LogP contribution in [0.15, 0.2) is 0 Å². The lowest BCUT2D eigenvalue weighted by atomic mass is 10.1. The largest absolute Gasteiger partial charge is 0.299 e. The lowest BCUT2D eigenvalue weighted by Gasteiger charge is -2.12. The number of rotatable bonds is 13. The van der Waals surface area contributed by atoms with E-state index in [-0.39, 0.29) is 6.42 Å². The Bertz CT molecular complexity index is 460.